The lowest BCUT2D eigenvalue weighted by Gasteiger charge is -1.84. The fraction of sp³-hybridized carbons (Fsp3) is 0.125. The summed E-state index contributed by atoms with van der Waals surface area (Å²) in [4.78, 5) is 4.25. The van der Waals surface area contributed by atoms with Crippen LogP contribution in [0.25, 0.3) is 22.1 Å². The van der Waals surface area contributed by atoms with Crippen molar-refractivity contribution in [2.45, 2.75) is 6.92 Å². The van der Waals surface area contributed by atoms with Crippen molar-refractivity contribution in [3.63, 3.8) is 0 Å². The molecule has 3 aromatic rings. The topological polar surface area (TPSA) is 51.8 Å². The summed E-state index contributed by atoms with van der Waals surface area (Å²) in [7, 11) is 0. The Bertz CT molecular complexity index is 583. The number of hydrogen-bond acceptors (Lipinski definition) is 5. The van der Waals surface area contributed by atoms with Gasteiger partial charge in [0, 0.05) is 6.92 Å². The molecule has 0 spiro atoms. The monoisotopic (exact) mass is 191 g/mol. The molecule has 3 rings (SSSR count). The van der Waals surface area contributed by atoms with E-state index in [1.165, 1.54) is 11.7 Å². The second-order valence-electron chi connectivity index (χ2n) is 2.78. The molecular formula is C8H5N3OS. The van der Waals surface area contributed by atoms with Crippen molar-refractivity contribution >= 4 is 33.9 Å². The van der Waals surface area contributed by atoms with Gasteiger partial charge < -0.3 is 4.42 Å². The molecule has 2 heterocycles. The third-order valence-electron chi connectivity index (χ3n) is 1.89. The number of rotatable bonds is 0. The molecule has 0 unspecified atom stereocenters. The van der Waals surface area contributed by atoms with Crippen LogP contribution < -0.4 is 0 Å². The molecule has 0 radical (unpaired) electrons. The molecule has 0 saturated carbocycles. The van der Waals surface area contributed by atoms with E-state index in [4.69, 9.17) is 4.42 Å². The molecule has 0 atom stereocenters. The summed E-state index contributed by atoms with van der Waals surface area (Å²) >= 11 is 1.20. The first kappa shape index (κ1) is 6.97. The van der Waals surface area contributed by atoms with Crippen LogP contribution in [0.1, 0.15) is 5.89 Å². The maximum atomic E-state index is 5.37. The first-order valence-electron chi connectivity index (χ1n) is 3.83. The van der Waals surface area contributed by atoms with Gasteiger partial charge in [0.2, 0.25) is 0 Å². The van der Waals surface area contributed by atoms with Crippen LogP contribution in [0, 0.1) is 6.92 Å². The third-order valence-corrected chi connectivity index (χ3v) is 2.43. The van der Waals surface area contributed by atoms with Gasteiger partial charge in [-0.15, -0.1) is 0 Å². The predicted molar refractivity (Wildman–Crippen MR) is 49.7 cm³/mol. The van der Waals surface area contributed by atoms with E-state index in [0.717, 1.165) is 22.1 Å². The van der Waals surface area contributed by atoms with Gasteiger partial charge in [-0.2, -0.15) is 8.75 Å². The summed E-state index contributed by atoms with van der Waals surface area (Å²) in [6.07, 6.45) is 0. The van der Waals surface area contributed by atoms with Crippen molar-refractivity contribution in [1.29, 1.82) is 0 Å². The highest BCUT2D eigenvalue weighted by Crippen LogP contribution is 2.23. The minimum absolute atomic E-state index is 0.663. The summed E-state index contributed by atoms with van der Waals surface area (Å²) in [5.41, 5.74) is 3.30. The minimum atomic E-state index is 0.663. The lowest BCUT2D eigenvalue weighted by atomic mass is 10.3. The smallest absolute Gasteiger partial charge is 0.192 e. The van der Waals surface area contributed by atoms with E-state index in [0.29, 0.717) is 5.89 Å². The lowest BCUT2D eigenvalue weighted by molar-refractivity contribution is 0.561. The zero-order valence-corrected chi connectivity index (χ0v) is 7.63. The molecule has 13 heavy (non-hydrogen) atoms. The maximum absolute atomic E-state index is 5.37. The lowest BCUT2D eigenvalue weighted by Crippen LogP contribution is -1.73. The van der Waals surface area contributed by atoms with Crippen molar-refractivity contribution in [3.8, 4) is 0 Å². The van der Waals surface area contributed by atoms with Crippen LogP contribution in [0.2, 0.25) is 0 Å². The zero-order chi connectivity index (χ0) is 8.84. The Kier molecular flexibility index (Phi) is 1.21. The summed E-state index contributed by atoms with van der Waals surface area (Å²) < 4.78 is 13.7. The van der Waals surface area contributed by atoms with Gasteiger partial charge in [0.05, 0.1) is 11.7 Å². The fourth-order valence-electron chi connectivity index (χ4n) is 1.35. The minimum Gasteiger partial charge on any atom is -0.441 e. The molecule has 0 amide bonds. The number of nitrogens with zero attached hydrogens (tertiary/aromatic N) is 3. The first-order chi connectivity index (χ1) is 6.34. The van der Waals surface area contributed by atoms with Gasteiger partial charge in [-0.25, -0.2) is 4.98 Å². The Morgan fingerprint density at radius 2 is 2.15 bits per heavy atom. The zero-order valence-electron chi connectivity index (χ0n) is 6.81. The van der Waals surface area contributed by atoms with Crippen LogP contribution in [-0.4, -0.2) is 13.7 Å². The Morgan fingerprint density at radius 1 is 1.23 bits per heavy atom. The molecule has 0 N–H and O–H groups in total. The SMILES string of the molecule is Cc1nc2c(ccc3nsnc32)o1. The molecular weight excluding hydrogens is 186 g/mol. The first-order valence-corrected chi connectivity index (χ1v) is 4.56. The van der Waals surface area contributed by atoms with E-state index in [1.54, 1.807) is 0 Å². The van der Waals surface area contributed by atoms with Crippen LogP contribution in [0.5, 0.6) is 0 Å². The quantitative estimate of drug-likeness (QED) is 0.546. The molecule has 1 aromatic carbocycles. The van der Waals surface area contributed by atoms with Gasteiger partial charge in [0.15, 0.2) is 11.5 Å². The predicted octanol–water partition coefficient (Wildman–Crippen LogP) is 2.14. The van der Waals surface area contributed by atoms with Crippen molar-refractivity contribution in [2.24, 2.45) is 0 Å². The Hall–Kier alpha value is -1.49. The highest BCUT2D eigenvalue weighted by molar-refractivity contribution is 7.00. The third kappa shape index (κ3) is 0.874. The molecule has 0 bridgehead atoms. The summed E-state index contributed by atoms with van der Waals surface area (Å²) in [6.45, 7) is 1.83. The van der Waals surface area contributed by atoms with E-state index in [9.17, 15) is 0 Å². The van der Waals surface area contributed by atoms with E-state index in [2.05, 4.69) is 13.7 Å². The molecule has 0 saturated heterocycles. The molecule has 5 heteroatoms. The second kappa shape index (κ2) is 2.26. The summed E-state index contributed by atoms with van der Waals surface area (Å²) in [5, 5.41) is 0. The van der Waals surface area contributed by atoms with E-state index in [-0.39, 0.29) is 0 Å². The molecule has 0 aliphatic carbocycles. The van der Waals surface area contributed by atoms with Gasteiger partial charge in [-0.1, -0.05) is 0 Å². The van der Waals surface area contributed by atoms with E-state index < -0.39 is 0 Å². The largest absolute Gasteiger partial charge is 0.441 e. The average Bonchev–Trinajstić information content (AvgIpc) is 2.65. The standard InChI is InChI=1S/C8H5N3OS/c1-4-9-8-6(12-4)3-2-5-7(8)11-13-10-5/h2-3H,1H3. The average molecular weight is 191 g/mol. The van der Waals surface area contributed by atoms with Crippen molar-refractivity contribution in [1.82, 2.24) is 13.7 Å². The normalized spacial score (nSPS) is 11.5. The molecule has 64 valence electrons. The molecule has 0 fully saturated rings. The Labute approximate surface area is 77.5 Å². The van der Waals surface area contributed by atoms with Gasteiger partial charge in [0.25, 0.3) is 0 Å². The molecule has 4 nitrogen and oxygen atoms in total. The Morgan fingerprint density at radius 3 is 3.08 bits per heavy atom. The van der Waals surface area contributed by atoms with Gasteiger partial charge in [-0.3, -0.25) is 0 Å². The number of benzene rings is 1. The second-order valence-corrected chi connectivity index (χ2v) is 3.31. The fourth-order valence-corrected chi connectivity index (χ4v) is 1.89. The van der Waals surface area contributed by atoms with E-state index >= 15 is 0 Å². The van der Waals surface area contributed by atoms with Crippen molar-refractivity contribution in [3.05, 3.63) is 18.0 Å². The van der Waals surface area contributed by atoms with E-state index in [1.807, 2.05) is 19.1 Å². The molecule has 0 aliphatic heterocycles. The summed E-state index contributed by atoms with van der Waals surface area (Å²) in [6, 6.07) is 3.77. The number of aromatic nitrogens is 3. The van der Waals surface area contributed by atoms with Crippen LogP contribution in [0.4, 0.5) is 0 Å². The number of fused-ring (bicyclic) bond motifs is 3. The van der Waals surface area contributed by atoms with Crippen LogP contribution in [0.3, 0.4) is 0 Å². The summed E-state index contributed by atoms with van der Waals surface area (Å²) in [5.74, 6) is 0.663. The molecule has 2 aromatic heterocycles. The van der Waals surface area contributed by atoms with Crippen molar-refractivity contribution < 1.29 is 4.42 Å². The Balaban J connectivity index is 2.64. The van der Waals surface area contributed by atoms with Gasteiger partial charge >= 0.3 is 0 Å². The van der Waals surface area contributed by atoms with Gasteiger partial charge in [-0.05, 0) is 12.1 Å². The number of hydrogen-bond donors (Lipinski definition) is 0. The van der Waals surface area contributed by atoms with Crippen molar-refractivity contribution in [2.75, 3.05) is 0 Å². The number of aryl methyl sites for hydroxylation is 1. The molecule has 0 aliphatic rings. The van der Waals surface area contributed by atoms with Crippen LogP contribution in [0.15, 0.2) is 16.5 Å². The van der Waals surface area contributed by atoms with Crippen LogP contribution in [-0.2, 0) is 0 Å². The number of oxazole rings is 1. The highest BCUT2D eigenvalue weighted by Gasteiger charge is 2.08. The maximum Gasteiger partial charge on any atom is 0.192 e. The van der Waals surface area contributed by atoms with Crippen LogP contribution >= 0.6 is 11.7 Å². The highest BCUT2D eigenvalue weighted by atomic mass is 32.1. The van der Waals surface area contributed by atoms with Gasteiger partial charge in [0.1, 0.15) is 16.6 Å².